The van der Waals surface area contributed by atoms with Gasteiger partial charge < -0.3 is 8.98 Å². The van der Waals surface area contributed by atoms with E-state index < -0.39 is 5.41 Å². The van der Waals surface area contributed by atoms with Crippen LogP contribution < -0.4 is 0 Å². The number of nitrogens with zero attached hydrogens (tertiary/aromatic N) is 4. The van der Waals surface area contributed by atoms with Crippen molar-refractivity contribution >= 4 is 43.7 Å². The maximum atomic E-state index is 6.98. The number of hydrogen-bond acceptors (Lipinski definition) is 4. The zero-order chi connectivity index (χ0) is 41.2. The largest absolute Gasteiger partial charge is 0.455 e. The molecule has 0 saturated heterocycles. The average molecular weight is 803 g/mol. The molecule has 9 aromatic carbocycles. The second-order valence-electron chi connectivity index (χ2n) is 16.6. The molecule has 5 nitrogen and oxygen atoms in total. The van der Waals surface area contributed by atoms with E-state index in [1.165, 1.54) is 60.8 Å². The molecule has 2 aliphatic carbocycles. The van der Waals surface area contributed by atoms with Crippen molar-refractivity contribution < 1.29 is 4.42 Å². The standard InChI is InChI=1S/C58H34N4O/c1-3-17-35(18-4-1)55-59-56(36-19-5-2-6-20-36)61-57(60-55)43-32-34-49(52-42-25-11-16-30-50(42)63-54(43)52)62-48-29-15-10-23-39(48)40-31-33-47-51(53(40)62)41-24-9-14-28-46(41)58(47)44-26-12-7-21-37(44)38-22-8-13-27-45(38)58/h1-34H. The first kappa shape index (κ1) is 34.3. The molecule has 0 unspecified atom stereocenters. The Kier molecular flexibility index (Phi) is 6.97. The van der Waals surface area contributed by atoms with Crippen LogP contribution in [0.5, 0.6) is 0 Å². The molecular weight excluding hydrogens is 769 g/mol. The van der Waals surface area contributed by atoms with Gasteiger partial charge in [0.15, 0.2) is 17.5 Å². The third kappa shape index (κ3) is 4.57. The fourth-order valence-electron chi connectivity index (χ4n) is 11.0. The zero-order valence-electron chi connectivity index (χ0n) is 33.8. The van der Waals surface area contributed by atoms with Crippen molar-refractivity contribution in [3.63, 3.8) is 0 Å². The van der Waals surface area contributed by atoms with Crippen LogP contribution in [0.3, 0.4) is 0 Å². The Morgan fingerprint density at radius 3 is 1.60 bits per heavy atom. The zero-order valence-corrected chi connectivity index (χ0v) is 33.8. The van der Waals surface area contributed by atoms with Crippen molar-refractivity contribution in [1.82, 2.24) is 19.5 Å². The van der Waals surface area contributed by atoms with Gasteiger partial charge in [0.05, 0.1) is 33.1 Å². The number of rotatable bonds is 4. The maximum absolute atomic E-state index is 6.98. The summed E-state index contributed by atoms with van der Waals surface area (Å²) in [5, 5.41) is 4.43. The van der Waals surface area contributed by atoms with Crippen LogP contribution >= 0.6 is 0 Å². The van der Waals surface area contributed by atoms with Gasteiger partial charge in [-0.15, -0.1) is 0 Å². The van der Waals surface area contributed by atoms with Crippen molar-refractivity contribution in [2.45, 2.75) is 5.41 Å². The Hall–Kier alpha value is -8.41. The Morgan fingerprint density at radius 1 is 0.381 bits per heavy atom. The van der Waals surface area contributed by atoms with Crippen LogP contribution in [0.15, 0.2) is 211 Å². The molecule has 12 aromatic rings. The molecule has 0 saturated carbocycles. The van der Waals surface area contributed by atoms with E-state index in [4.69, 9.17) is 19.4 Å². The highest BCUT2D eigenvalue weighted by Crippen LogP contribution is 2.64. The lowest BCUT2D eigenvalue weighted by Crippen LogP contribution is -2.25. The van der Waals surface area contributed by atoms with Gasteiger partial charge in [-0.1, -0.05) is 182 Å². The van der Waals surface area contributed by atoms with Gasteiger partial charge >= 0.3 is 0 Å². The van der Waals surface area contributed by atoms with Crippen molar-refractivity contribution in [2.75, 3.05) is 0 Å². The van der Waals surface area contributed by atoms with Gasteiger partial charge in [-0.3, -0.25) is 0 Å². The highest BCUT2D eigenvalue weighted by atomic mass is 16.3. The van der Waals surface area contributed by atoms with Crippen LogP contribution in [0.4, 0.5) is 0 Å². The minimum absolute atomic E-state index is 0.471. The quantitative estimate of drug-likeness (QED) is 0.178. The fourth-order valence-corrected chi connectivity index (χ4v) is 11.0. The van der Waals surface area contributed by atoms with E-state index in [-0.39, 0.29) is 0 Å². The first-order chi connectivity index (χ1) is 31.3. The summed E-state index contributed by atoms with van der Waals surface area (Å²) in [6, 6.07) is 73.7. The Morgan fingerprint density at radius 2 is 0.921 bits per heavy atom. The normalized spacial score (nSPS) is 13.2. The van der Waals surface area contributed by atoms with Gasteiger partial charge in [-0.2, -0.15) is 0 Å². The molecule has 292 valence electrons. The Labute approximate surface area is 362 Å². The van der Waals surface area contributed by atoms with Crippen LogP contribution in [0.25, 0.3) is 106 Å². The molecule has 14 rings (SSSR count). The van der Waals surface area contributed by atoms with Gasteiger partial charge in [0, 0.05) is 32.8 Å². The molecule has 0 N–H and O–H groups in total. The highest BCUT2D eigenvalue weighted by molar-refractivity contribution is 6.20. The third-order valence-corrected chi connectivity index (χ3v) is 13.5. The first-order valence-electron chi connectivity index (χ1n) is 21.5. The first-order valence-corrected chi connectivity index (χ1v) is 21.5. The number of fused-ring (bicyclic) bond motifs is 17. The van der Waals surface area contributed by atoms with Crippen LogP contribution in [0, 0.1) is 0 Å². The summed E-state index contributed by atoms with van der Waals surface area (Å²) in [4.78, 5) is 15.3. The number of benzene rings is 9. The van der Waals surface area contributed by atoms with Crippen molar-refractivity contribution in [2.24, 2.45) is 0 Å². The Balaban J connectivity index is 1.10. The minimum Gasteiger partial charge on any atom is -0.455 e. The van der Waals surface area contributed by atoms with E-state index >= 15 is 0 Å². The average Bonchev–Trinajstić information content (AvgIpc) is 4.08. The number of hydrogen-bond donors (Lipinski definition) is 0. The Bertz CT molecular complexity index is 3760. The summed E-state index contributed by atoms with van der Waals surface area (Å²) in [6.07, 6.45) is 0. The summed E-state index contributed by atoms with van der Waals surface area (Å²) in [5.74, 6) is 1.76. The predicted octanol–water partition coefficient (Wildman–Crippen LogP) is 14.2. The second kappa shape index (κ2) is 12.8. The number of aromatic nitrogens is 4. The molecule has 63 heavy (non-hydrogen) atoms. The van der Waals surface area contributed by atoms with Gasteiger partial charge in [-0.25, -0.2) is 15.0 Å². The molecule has 0 amide bonds. The van der Waals surface area contributed by atoms with Gasteiger partial charge in [0.25, 0.3) is 0 Å². The maximum Gasteiger partial charge on any atom is 0.167 e. The highest BCUT2D eigenvalue weighted by Gasteiger charge is 2.52. The summed E-state index contributed by atoms with van der Waals surface area (Å²) in [6.45, 7) is 0. The molecule has 2 aliphatic rings. The third-order valence-electron chi connectivity index (χ3n) is 13.5. The van der Waals surface area contributed by atoms with E-state index in [9.17, 15) is 0 Å². The topological polar surface area (TPSA) is 56.7 Å². The molecule has 1 spiro atoms. The van der Waals surface area contributed by atoms with E-state index in [1.807, 2.05) is 66.7 Å². The molecule has 3 aromatic heterocycles. The second-order valence-corrected chi connectivity index (χ2v) is 16.6. The summed E-state index contributed by atoms with van der Waals surface area (Å²) >= 11 is 0. The fraction of sp³-hybridized carbons (Fsp3) is 0.0172. The van der Waals surface area contributed by atoms with Crippen molar-refractivity contribution in [3.8, 4) is 62.1 Å². The molecule has 3 heterocycles. The van der Waals surface area contributed by atoms with E-state index in [2.05, 4.69) is 144 Å². The van der Waals surface area contributed by atoms with E-state index in [0.717, 1.165) is 49.8 Å². The summed E-state index contributed by atoms with van der Waals surface area (Å²) in [5.41, 5.74) is 17.4. The van der Waals surface area contributed by atoms with E-state index in [0.29, 0.717) is 17.5 Å². The monoisotopic (exact) mass is 802 g/mol. The lowest BCUT2D eigenvalue weighted by molar-refractivity contribution is 0.669. The smallest absolute Gasteiger partial charge is 0.167 e. The lowest BCUT2D eigenvalue weighted by Gasteiger charge is -2.30. The van der Waals surface area contributed by atoms with Crippen LogP contribution in [0.2, 0.25) is 0 Å². The molecule has 0 fully saturated rings. The lowest BCUT2D eigenvalue weighted by atomic mass is 9.70. The predicted molar refractivity (Wildman–Crippen MR) is 254 cm³/mol. The van der Waals surface area contributed by atoms with Crippen molar-refractivity contribution in [1.29, 1.82) is 0 Å². The van der Waals surface area contributed by atoms with Crippen LogP contribution in [0.1, 0.15) is 22.3 Å². The SMILES string of the molecule is c1ccc(-c2nc(-c3ccccc3)nc(-c3ccc(-n4c5ccccc5c5ccc6c(c54)-c4ccccc4C64c5ccccc5-c5ccccc54)c4c3oc3ccccc34)n2)cc1. The molecule has 0 radical (unpaired) electrons. The molecule has 0 aliphatic heterocycles. The molecule has 0 atom stereocenters. The summed E-state index contributed by atoms with van der Waals surface area (Å²) in [7, 11) is 0. The number of furan rings is 1. The van der Waals surface area contributed by atoms with Gasteiger partial charge in [0.2, 0.25) is 0 Å². The molecule has 0 bridgehead atoms. The van der Waals surface area contributed by atoms with Crippen LogP contribution in [-0.4, -0.2) is 19.5 Å². The molecular formula is C58H34N4O. The van der Waals surface area contributed by atoms with Crippen LogP contribution in [-0.2, 0) is 5.41 Å². The number of para-hydroxylation sites is 2. The van der Waals surface area contributed by atoms with E-state index in [1.54, 1.807) is 0 Å². The van der Waals surface area contributed by atoms with Gasteiger partial charge in [0.1, 0.15) is 11.2 Å². The summed E-state index contributed by atoms with van der Waals surface area (Å²) < 4.78 is 9.48. The van der Waals surface area contributed by atoms with Crippen molar-refractivity contribution in [3.05, 3.63) is 229 Å². The minimum atomic E-state index is -0.471. The van der Waals surface area contributed by atoms with Gasteiger partial charge in [-0.05, 0) is 63.2 Å². The molecule has 5 heteroatoms.